The first-order valence-corrected chi connectivity index (χ1v) is 6.73. The molecule has 0 aliphatic carbocycles. The number of aromatic nitrogens is 1. The number of hydrogen-bond acceptors (Lipinski definition) is 4. The molecule has 0 aliphatic heterocycles. The number of thiazole rings is 1. The van der Waals surface area contributed by atoms with Crippen molar-refractivity contribution in [1.29, 1.82) is 0 Å². The minimum Gasteiger partial charge on any atom is -0.309 e. The van der Waals surface area contributed by atoms with E-state index in [4.69, 9.17) is 0 Å². The fraction of sp³-hybridized carbons (Fsp3) is 0.364. The SMILES string of the molecule is CC(Cc1cccs1)NCc1cncs1. The Morgan fingerprint density at radius 1 is 1.40 bits per heavy atom. The van der Waals surface area contributed by atoms with Gasteiger partial charge >= 0.3 is 0 Å². The number of rotatable bonds is 5. The molecule has 1 unspecified atom stereocenters. The third kappa shape index (κ3) is 3.41. The first-order chi connectivity index (χ1) is 7.34. The third-order valence-electron chi connectivity index (χ3n) is 2.20. The van der Waals surface area contributed by atoms with Gasteiger partial charge in [0.15, 0.2) is 0 Å². The highest BCUT2D eigenvalue weighted by Gasteiger charge is 2.04. The van der Waals surface area contributed by atoms with Crippen molar-refractivity contribution in [3.8, 4) is 0 Å². The van der Waals surface area contributed by atoms with E-state index in [0.29, 0.717) is 6.04 Å². The second kappa shape index (κ2) is 5.39. The quantitative estimate of drug-likeness (QED) is 0.866. The Hall–Kier alpha value is -0.710. The van der Waals surface area contributed by atoms with Crippen LogP contribution in [0.4, 0.5) is 0 Å². The number of nitrogens with one attached hydrogen (secondary N) is 1. The van der Waals surface area contributed by atoms with E-state index in [2.05, 4.69) is 34.7 Å². The van der Waals surface area contributed by atoms with Crippen molar-refractivity contribution in [2.75, 3.05) is 0 Å². The summed E-state index contributed by atoms with van der Waals surface area (Å²) in [6.45, 7) is 3.15. The summed E-state index contributed by atoms with van der Waals surface area (Å²) >= 11 is 3.53. The van der Waals surface area contributed by atoms with Gasteiger partial charge in [0.05, 0.1) is 5.51 Å². The molecule has 4 heteroatoms. The maximum absolute atomic E-state index is 4.06. The van der Waals surface area contributed by atoms with Gasteiger partial charge in [-0.2, -0.15) is 0 Å². The molecule has 2 rings (SSSR count). The Balaban J connectivity index is 1.76. The van der Waals surface area contributed by atoms with Crippen LogP contribution in [0.15, 0.2) is 29.2 Å². The van der Waals surface area contributed by atoms with Crippen molar-refractivity contribution < 1.29 is 0 Å². The van der Waals surface area contributed by atoms with Gasteiger partial charge in [-0.3, -0.25) is 4.98 Å². The summed E-state index contributed by atoms with van der Waals surface area (Å²) in [4.78, 5) is 6.80. The molecule has 0 fully saturated rings. The summed E-state index contributed by atoms with van der Waals surface area (Å²) < 4.78 is 0. The molecule has 0 aromatic carbocycles. The van der Waals surface area contributed by atoms with Crippen LogP contribution in [0.5, 0.6) is 0 Å². The molecule has 1 N–H and O–H groups in total. The number of thiophene rings is 1. The monoisotopic (exact) mass is 238 g/mol. The number of hydrogen-bond donors (Lipinski definition) is 1. The van der Waals surface area contributed by atoms with Gasteiger partial charge in [0.25, 0.3) is 0 Å². The van der Waals surface area contributed by atoms with E-state index in [9.17, 15) is 0 Å². The minimum atomic E-state index is 0.519. The van der Waals surface area contributed by atoms with E-state index in [0.717, 1.165) is 13.0 Å². The van der Waals surface area contributed by atoms with Crippen LogP contribution in [0.1, 0.15) is 16.7 Å². The summed E-state index contributed by atoms with van der Waals surface area (Å²) in [6.07, 6.45) is 3.03. The lowest BCUT2D eigenvalue weighted by atomic mass is 10.2. The van der Waals surface area contributed by atoms with Gasteiger partial charge in [-0.1, -0.05) is 6.07 Å². The lowest BCUT2D eigenvalue weighted by molar-refractivity contribution is 0.552. The molecule has 2 heterocycles. The molecule has 0 saturated heterocycles. The zero-order chi connectivity index (χ0) is 10.5. The maximum Gasteiger partial charge on any atom is 0.0794 e. The highest BCUT2D eigenvalue weighted by Crippen LogP contribution is 2.11. The molecule has 2 aromatic heterocycles. The normalized spacial score (nSPS) is 12.9. The van der Waals surface area contributed by atoms with Crippen LogP contribution in [0.25, 0.3) is 0 Å². The molecular weight excluding hydrogens is 224 g/mol. The average molecular weight is 238 g/mol. The van der Waals surface area contributed by atoms with Crippen molar-refractivity contribution in [3.05, 3.63) is 39.0 Å². The summed E-state index contributed by atoms with van der Waals surface area (Å²) in [7, 11) is 0. The van der Waals surface area contributed by atoms with Gasteiger partial charge in [-0.25, -0.2) is 0 Å². The van der Waals surface area contributed by atoms with Gasteiger partial charge in [0, 0.05) is 28.5 Å². The van der Waals surface area contributed by atoms with Crippen LogP contribution in [0.2, 0.25) is 0 Å². The Kier molecular flexibility index (Phi) is 3.88. The zero-order valence-corrected chi connectivity index (χ0v) is 10.3. The van der Waals surface area contributed by atoms with Crippen LogP contribution in [0.3, 0.4) is 0 Å². The van der Waals surface area contributed by atoms with Crippen LogP contribution in [-0.4, -0.2) is 11.0 Å². The van der Waals surface area contributed by atoms with E-state index in [-0.39, 0.29) is 0 Å². The molecule has 0 amide bonds. The molecule has 2 nitrogen and oxygen atoms in total. The first kappa shape index (κ1) is 10.8. The molecule has 0 bridgehead atoms. The number of nitrogens with zero attached hydrogens (tertiary/aromatic N) is 1. The Labute approximate surface area is 98.0 Å². The van der Waals surface area contributed by atoms with Crippen LogP contribution in [-0.2, 0) is 13.0 Å². The summed E-state index contributed by atoms with van der Waals surface area (Å²) in [5.41, 5.74) is 1.88. The van der Waals surface area contributed by atoms with Crippen molar-refractivity contribution in [3.63, 3.8) is 0 Å². The van der Waals surface area contributed by atoms with Crippen molar-refractivity contribution >= 4 is 22.7 Å². The van der Waals surface area contributed by atoms with E-state index >= 15 is 0 Å². The molecule has 1 atom stereocenters. The van der Waals surface area contributed by atoms with Crippen molar-refractivity contribution in [1.82, 2.24) is 10.3 Å². The van der Waals surface area contributed by atoms with Gasteiger partial charge in [0.1, 0.15) is 0 Å². The summed E-state index contributed by atoms with van der Waals surface area (Å²) in [5, 5.41) is 5.63. The van der Waals surface area contributed by atoms with Crippen LogP contribution < -0.4 is 5.32 Å². The van der Waals surface area contributed by atoms with Crippen LogP contribution in [0, 0.1) is 0 Å². The predicted molar refractivity (Wildman–Crippen MR) is 66.4 cm³/mol. The van der Waals surface area contributed by atoms with Gasteiger partial charge in [0.2, 0.25) is 0 Å². The topological polar surface area (TPSA) is 24.9 Å². The van der Waals surface area contributed by atoms with Gasteiger partial charge < -0.3 is 5.32 Å². The summed E-state index contributed by atoms with van der Waals surface area (Å²) in [6, 6.07) is 4.82. The fourth-order valence-corrected chi connectivity index (χ4v) is 2.79. The fourth-order valence-electron chi connectivity index (χ4n) is 1.41. The summed E-state index contributed by atoms with van der Waals surface area (Å²) in [5.74, 6) is 0. The second-order valence-electron chi connectivity index (χ2n) is 3.53. The van der Waals surface area contributed by atoms with E-state index in [1.54, 1.807) is 11.3 Å². The Morgan fingerprint density at radius 2 is 2.33 bits per heavy atom. The largest absolute Gasteiger partial charge is 0.309 e. The van der Waals surface area contributed by atoms with E-state index in [1.807, 2.05) is 23.0 Å². The lowest BCUT2D eigenvalue weighted by Crippen LogP contribution is -2.26. The van der Waals surface area contributed by atoms with Gasteiger partial charge in [-0.15, -0.1) is 22.7 Å². The standard InChI is InChI=1S/C11H14N2S2/c1-9(5-10-3-2-4-14-10)13-7-11-6-12-8-15-11/h2-4,6,8-9,13H,5,7H2,1H3. The van der Waals surface area contributed by atoms with E-state index < -0.39 is 0 Å². The molecule has 15 heavy (non-hydrogen) atoms. The van der Waals surface area contributed by atoms with E-state index in [1.165, 1.54) is 9.75 Å². The van der Waals surface area contributed by atoms with Crippen molar-refractivity contribution in [2.45, 2.75) is 25.9 Å². The van der Waals surface area contributed by atoms with Crippen molar-refractivity contribution in [2.24, 2.45) is 0 Å². The average Bonchev–Trinajstić information content (AvgIpc) is 2.86. The molecule has 0 radical (unpaired) electrons. The Morgan fingerprint density at radius 3 is 3.00 bits per heavy atom. The maximum atomic E-state index is 4.06. The third-order valence-corrected chi connectivity index (χ3v) is 3.87. The predicted octanol–water partition coefficient (Wildman–Crippen LogP) is 2.93. The first-order valence-electron chi connectivity index (χ1n) is 4.98. The molecule has 0 spiro atoms. The lowest BCUT2D eigenvalue weighted by Gasteiger charge is -2.11. The molecule has 80 valence electrons. The smallest absolute Gasteiger partial charge is 0.0794 e. The molecule has 2 aromatic rings. The Bertz CT molecular complexity index is 367. The van der Waals surface area contributed by atoms with Crippen LogP contribution >= 0.6 is 22.7 Å². The highest BCUT2D eigenvalue weighted by molar-refractivity contribution is 7.10. The highest BCUT2D eigenvalue weighted by atomic mass is 32.1. The van der Waals surface area contributed by atoms with Gasteiger partial charge in [-0.05, 0) is 24.8 Å². The zero-order valence-electron chi connectivity index (χ0n) is 8.64. The molecular formula is C11H14N2S2. The second-order valence-corrected chi connectivity index (χ2v) is 5.54. The molecule has 0 aliphatic rings. The molecule has 0 saturated carbocycles. The minimum absolute atomic E-state index is 0.519.